The summed E-state index contributed by atoms with van der Waals surface area (Å²) in [5.41, 5.74) is 1.53. The van der Waals surface area contributed by atoms with E-state index in [1.807, 2.05) is 12.1 Å². The fourth-order valence-corrected chi connectivity index (χ4v) is 7.29. The summed E-state index contributed by atoms with van der Waals surface area (Å²) in [7, 11) is 0. The lowest BCUT2D eigenvalue weighted by Crippen LogP contribution is -2.33. The van der Waals surface area contributed by atoms with Gasteiger partial charge in [-0.05, 0) is 93.5 Å². The Morgan fingerprint density at radius 2 is 1.48 bits per heavy atom. The van der Waals surface area contributed by atoms with Gasteiger partial charge in [0.25, 0.3) is 0 Å². The van der Waals surface area contributed by atoms with Crippen molar-refractivity contribution in [2.24, 2.45) is 35.5 Å². The molecular formula is C29H34O2. The van der Waals surface area contributed by atoms with Crippen LogP contribution in [0.25, 0.3) is 21.5 Å². The fourth-order valence-electron chi connectivity index (χ4n) is 7.29. The van der Waals surface area contributed by atoms with Gasteiger partial charge in [-0.3, -0.25) is 4.79 Å². The van der Waals surface area contributed by atoms with Gasteiger partial charge < -0.3 is 4.74 Å². The Labute approximate surface area is 186 Å². The largest absolute Gasteiger partial charge is 0.427 e. The molecule has 5 unspecified atom stereocenters. The van der Waals surface area contributed by atoms with E-state index in [0.29, 0.717) is 11.7 Å². The lowest BCUT2D eigenvalue weighted by molar-refractivity contribution is -0.131. The van der Waals surface area contributed by atoms with Crippen LogP contribution in [0.1, 0.15) is 58.9 Å². The minimum atomic E-state index is -0.282. The van der Waals surface area contributed by atoms with Crippen molar-refractivity contribution in [2.75, 3.05) is 0 Å². The normalized spacial score (nSPS) is 27.6. The maximum absolute atomic E-state index is 11.3. The van der Waals surface area contributed by atoms with Gasteiger partial charge in [0.05, 0.1) is 0 Å². The summed E-state index contributed by atoms with van der Waals surface area (Å²) in [6, 6.07) is 17.5. The lowest BCUT2D eigenvalue weighted by Gasteiger charge is -2.40. The molecule has 2 bridgehead atoms. The SMILES string of the molecule is CC(=O)Oc1ccc2c(ccc3cc(C4CC5CC4C(C(C)C)C5C(C)C)ccc32)c1. The highest BCUT2D eigenvalue weighted by molar-refractivity contribution is 6.08. The smallest absolute Gasteiger partial charge is 0.308 e. The minimum absolute atomic E-state index is 0.282. The zero-order valence-corrected chi connectivity index (χ0v) is 19.4. The van der Waals surface area contributed by atoms with Crippen molar-refractivity contribution >= 4 is 27.5 Å². The highest BCUT2D eigenvalue weighted by atomic mass is 16.5. The average molecular weight is 415 g/mol. The molecule has 2 saturated carbocycles. The average Bonchev–Trinajstić information content (AvgIpc) is 3.31. The molecule has 0 heterocycles. The predicted molar refractivity (Wildman–Crippen MR) is 128 cm³/mol. The predicted octanol–water partition coefficient (Wildman–Crippen LogP) is 7.59. The van der Waals surface area contributed by atoms with E-state index in [4.69, 9.17) is 4.74 Å². The summed E-state index contributed by atoms with van der Waals surface area (Å²) in [6.07, 6.45) is 2.78. The summed E-state index contributed by atoms with van der Waals surface area (Å²) in [5, 5.41) is 4.92. The quantitative estimate of drug-likeness (QED) is 0.250. The summed E-state index contributed by atoms with van der Waals surface area (Å²) in [6.45, 7) is 11.2. The Bertz CT molecular complexity index is 1140. The summed E-state index contributed by atoms with van der Waals surface area (Å²) < 4.78 is 5.26. The molecule has 3 aromatic rings. The van der Waals surface area contributed by atoms with E-state index in [-0.39, 0.29) is 5.97 Å². The number of ether oxygens (including phenoxy) is 1. The second-order valence-electron chi connectivity index (χ2n) is 10.7. The number of carbonyl (C=O) groups is 1. The Balaban J connectivity index is 1.49. The monoisotopic (exact) mass is 414 g/mol. The van der Waals surface area contributed by atoms with Crippen LogP contribution >= 0.6 is 0 Å². The molecule has 162 valence electrons. The van der Waals surface area contributed by atoms with E-state index in [1.54, 1.807) is 0 Å². The molecule has 0 aliphatic heterocycles. The van der Waals surface area contributed by atoms with Crippen LogP contribution in [0, 0.1) is 35.5 Å². The molecule has 2 aliphatic carbocycles. The topological polar surface area (TPSA) is 26.3 Å². The highest BCUT2D eigenvalue weighted by Crippen LogP contribution is 2.62. The summed E-state index contributed by atoms with van der Waals surface area (Å²) in [4.78, 5) is 11.3. The van der Waals surface area contributed by atoms with Gasteiger partial charge in [-0.2, -0.15) is 0 Å². The molecule has 0 N–H and O–H groups in total. The molecule has 3 aromatic carbocycles. The van der Waals surface area contributed by atoms with Crippen LogP contribution in [-0.2, 0) is 4.79 Å². The third-order valence-corrected chi connectivity index (χ3v) is 8.19. The Hall–Kier alpha value is -2.35. The number of carbonyl (C=O) groups excluding carboxylic acids is 1. The number of esters is 1. The second-order valence-corrected chi connectivity index (χ2v) is 10.7. The van der Waals surface area contributed by atoms with Gasteiger partial charge in [0, 0.05) is 6.92 Å². The highest BCUT2D eigenvalue weighted by Gasteiger charge is 2.54. The van der Waals surface area contributed by atoms with Gasteiger partial charge in [0.15, 0.2) is 0 Å². The molecule has 5 rings (SSSR count). The van der Waals surface area contributed by atoms with Gasteiger partial charge in [-0.15, -0.1) is 0 Å². The number of hydrogen-bond acceptors (Lipinski definition) is 2. The van der Waals surface area contributed by atoms with Crippen molar-refractivity contribution < 1.29 is 9.53 Å². The molecular weight excluding hydrogens is 380 g/mol. The van der Waals surface area contributed by atoms with Gasteiger partial charge in [0.1, 0.15) is 5.75 Å². The fraction of sp³-hybridized carbons (Fsp3) is 0.483. The first-order valence-electron chi connectivity index (χ1n) is 12.0. The van der Waals surface area contributed by atoms with Gasteiger partial charge in [0.2, 0.25) is 0 Å². The van der Waals surface area contributed by atoms with Crippen molar-refractivity contribution in [1.82, 2.24) is 0 Å². The van der Waals surface area contributed by atoms with Crippen molar-refractivity contribution in [1.29, 1.82) is 0 Å². The molecule has 0 aromatic heterocycles. The minimum Gasteiger partial charge on any atom is -0.427 e. The number of hydrogen-bond donors (Lipinski definition) is 0. The molecule has 2 aliphatic rings. The van der Waals surface area contributed by atoms with Crippen LogP contribution in [0.3, 0.4) is 0 Å². The van der Waals surface area contributed by atoms with Gasteiger partial charge in [-0.1, -0.05) is 64.1 Å². The van der Waals surface area contributed by atoms with Crippen LogP contribution in [0.4, 0.5) is 0 Å². The lowest BCUT2D eigenvalue weighted by atomic mass is 9.64. The van der Waals surface area contributed by atoms with Crippen LogP contribution in [0.5, 0.6) is 5.75 Å². The molecule has 0 spiro atoms. The zero-order valence-electron chi connectivity index (χ0n) is 19.4. The molecule has 0 saturated heterocycles. The van der Waals surface area contributed by atoms with E-state index in [9.17, 15) is 4.79 Å². The molecule has 2 heteroatoms. The van der Waals surface area contributed by atoms with Gasteiger partial charge in [-0.25, -0.2) is 0 Å². The molecule has 2 fully saturated rings. The van der Waals surface area contributed by atoms with E-state index in [2.05, 4.69) is 64.1 Å². The third-order valence-electron chi connectivity index (χ3n) is 8.19. The van der Waals surface area contributed by atoms with E-state index >= 15 is 0 Å². The molecule has 5 atom stereocenters. The standard InChI is InChI=1S/C29H34O2/c1-16(2)28-22-14-26(27(15-22)29(28)17(3)4)20-8-10-24-19(12-20)6-7-21-13-23(31-18(5)30)9-11-25(21)24/h6-13,16-17,22,26-29H,14-15H2,1-5H3. The third kappa shape index (κ3) is 3.45. The van der Waals surface area contributed by atoms with E-state index < -0.39 is 0 Å². The van der Waals surface area contributed by atoms with Gasteiger partial charge >= 0.3 is 5.97 Å². The van der Waals surface area contributed by atoms with Crippen LogP contribution in [0.15, 0.2) is 48.5 Å². The summed E-state index contributed by atoms with van der Waals surface area (Å²) >= 11 is 0. The van der Waals surface area contributed by atoms with Crippen molar-refractivity contribution in [3.63, 3.8) is 0 Å². The maximum atomic E-state index is 11.3. The Kier molecular flexibility index (Phi) is 5.07. The number of fused-ring (bicyclic) bond motifs is 5. The summed E-state index contributed by atoms with van der Waals surface area (Å²) in [5.74, 6) is 6.08. The number of benzene rings is 3. The van der Waals surface area contributed by atoms with Crippen molar-refractivity contribution in [3.8, 4) is 5.75 Å². The Morgan fingerprint density at radius 3 is 2.13 bits per heavy atom. The molecule has 31 heavy (non-hydrogen) atoms. The molecule has 0 amide bonds. The van der Waals surface area contributed by atoms with E-state index in [0.717, 1.165) is 40.9 Å². The van der Waals surface area contributed by atoms with Crippen LogP contribution < -0.4 is 4.74 Å². The van der Waals surface area contributed by atoms with Crippen molar-refractivity contribution in [3.05, 3.63) is 54.1 Å². The Morgan fingerprint density at radius 1 is 0.839 bits per heavy atom. The second kappa shape index (κ2) is 7.65. The molecule has 0 radical (unpaired) electrons. The first-order valence-corrected chi connectivity index (χ1v) is 12.0. The van der Waals surface area contributed by atoms with Crippen LogP contribution in [-0.4, -0.2) is 5.97 Å². The van der Waals surface area contributed by atoms with Crippen molar-refractivity contribution in [2.45, 2.75) is 53.4 Å². The zero-order chi connectivity index (χ0) is 21.9. The first kappa shape index (κ1) is 20.5. The number of rotatable bonds is 4. The van der Waals surface area contributed by atoms with E-state index in [1.165, 1.54) is 41.5 Å². The maximum Gasteiger partial charge on any atom is 0.308 e. The first-order chi connectivity index (χ1) is 14.8. The molecule has 2 nitrogen and oxygen atoms in total. The van der Waals surface area contributed by atoms with Crippen LogP contribution in [0.2, 0.25) is 0 Å².